The summed E-state index contributed by atoms with van der Waals surface area (Å²) in [5.74, 6) is -1.68. The molecule has 1 aromatic carbocycles. The lowest BCUT2D eigenvalue weighted by Crippen LogP contribution is -2.57. The van der Waals surface area contributed by atoms with Crippen LogP contribution < -0.4 is 5.32 Å². The van der Waals surface area contributed by atoms with Crippen LogP contribution in [0, 0.1) is 11.6 Å². The van der Waals surface area contributed by atoms with E-state index in [0.29, 0.717) is 51.4 Å². The zero-order valence-electron chi connectivity index (χ0n) is 16.1. The third-order valence-corrected chi connectivity index (χ3v) is 5.20. The van der Waals surface area contributed by atoms with E-state index in [1.54, 1.807) is 4.90 Å². The van der Waals surface area contributed by atoms with Crippen molar-refractivity contribution < 1.29 is 23.5 Å². The van der Waals surface area contributed by atoms with Gasteiger partial charge in [0.2, 0.25) is 11.8 Å². The predicted molar refractivity (Wildman–Crippen MR) is 106 cm³/mol. The van der Waals surface area contributed by atoms with Gasteiger partial charge >= 0.3 is 0 Å². The zero-order chi connectivity index (χ0) is 20.1. The van der Waals surface area contributed by atoms with Crippen LogP contribution in [-0.2, 0) is 16.1 Å². The van der Waals surface area contributed by atoms with Crippen molar-refractivity contribution in [1.82, 2.24) is 20.0 Å². The molecule has 1 unspecified atom stereocenters. The van der Waals surface area contributed by atoms with Crippen molar-refractivity contribution in [2.75, 3.05) is 52.4 Å². The number of hydrogen-bond acceptors (Lipinski definition) is 5. The first-order valence-corrected chi connectivity index (χ1v) is 9.54. The van der Waals surface area contributed by atoms with Gasteiger partial charge in [0.25, 0.3) is 0 Å². The summed E-state index contributed by atoms with van der Waals surface area (Å²) in [5, 5.41) is 12.1. The molecule has 2 aliphatic heterocycles. The Hall–Kier alpha value is -1.81. The van der Waals surface area contributed by atoms with E-state index in [-0.39, 0.29) is 43.8 Å². The number of hydrogen-bond donors (Lipinski definition) is 2. The number of aliphatic hydroxyl groups is 1. The van der Waals surface area contributed by atoms with E-state index in [9.17, 15) is 18.4 Å². The Morgan fingerprint density at radius 1 is 1.10 bits per heavy atom. The van der Waals surface area contributed by atoms with Crippen molar-refractivity contribution in [3.63, 3.8) is 0 Å². The second-order valence-corrected chi connectivity index (χ2v) is 7.19. The molecule has 0 aromatic heterocycles. The molecule has 0 aliphatic carbocycles. The topological polar surface area (TPSA) is 76.1 Å². The maximum Gasteiger partial charge on any atom is 0.240 e. The molecule has 162 valence electrons. The third-order valence-electron chi connectivity index (χ3n) is 5.20. The number of benzene rings is 1. The molecule has 2 aliphatic rings. The molecule has 7 nitrogen and oxygen atoms in total. The van der Waals surface area contributed by atoms with E-state index in [1.165, 1.54) is 17.0 Å². The molecule has 2 fully saturated rings. The fourth-order valence-electron chi connectivity index (χ4n) is 3.70. The lowest BCUT2D eigenvalue weighted by molar-refractivity contribution is -0.142. The highest BCUT2D eigenvalue weighted by Crippen LogP contribution is 2.15. The van der Waals surface area contributed by atoms with Crippen molar-refractivity contribution >= 4 is 24.2 Å². The van der Waals surface area contributed by atoms with Crippen molar-refractivity contribution in [1.29, 1.82) is 0 Å². The number of aliphatic hydroxyl groups excluding tert-OH is 1. The van der Waals surface area contributed by atoms with Crippen LogP contribution in [0.3, 0.4) is 0 Å². The molecule has 0 saturated carbocycles. The quantitative estimate of drug-likeness (QED) is 0.672. The van der Waals surface area contributed by atoms with Gasteiger partial charge in [-0.25, -0.2) is 8.78 Å². The Morgan fingerprint density at radius 3 is 2.38 bits per heavy atom. The average Bonchev–Trinajstić information content (AvgIpc) is 2.65. The minimum absolute atomic E-state index is 0. The summed E-state index contributed by atoms with van der Waals surface area (Å²) in [6.07, 6.45) is 0.0623. The SMILES string of the molecule is Cl.O=C(CC1NCCN(Cc2cc(F)cc(F)c2)C1=O)N1CCN(CCO)CC1. The highest BCUT2D eigenvalue weighted by atomic mass is 35.5. The fraction of sp³-hybridized carbons (Fsp3) is 0.579. The molecule has 3 rings (SSSR count). The van der Waals surface area contributed by atoms with Crippen molar-refractivity contribution in [2.24, 2.45) is 0 Å². The molecule has 2 heterocycles. The number of amides is 2. The van der Waals surface area contributed by atoms with Crippen molar-refractivity contribution in [3.8, 4) is 0 Å². The first kappa shape index (κ1) is 23.5. The summed E-state index contributed by atoms with van der Waals surface area (Å²) in [6, 6.07) is 2.59. The maximum atomic E-state index is 13.4. The van der Waals surface area contributed by atoms with Crippen LogP contribution in [0.25, 0.3) is 0 Å². The minimum Gasteiger partial charge on any atom is -0.395 e. The van der Waals surface area contributed by atoms with Crippen molar-refractivity contribution in [3.05, 3.63) is 35.4 Å². The Balaban J connectivity index is 0.00000300. The fourth-order valence-corrected chi connectivity index (χ4v) is 3.70. The maximum absolute atomic E-state index is 13.4. The smallest absolute Gasteiger partial charge is 0.240 e. The first-order chi connectivity index (χ1) is 13.5. The molecule has 0 radical (unpaired) electrons. The molecule has 2 saturated heterocycles. The van der Waals surface area contributed by atoms with Gasteiger partial charge in [-0.05, 0) is 17.7 Å². The van der Waals surface area contributed by atoms with Crippen LogP contribution in [0.1, 0.15) is 12.0 Å². The van der Waals surface area contributed by atoms with Gasteiger partial charge in [-0.3, -0.25) is 14.5 Å². The van der Waals surface area contributed by atoms with E-state index in [0.717, 1.165) is 6.07 Å². The monoisotopic (exact) mass is 432 g/mol. The number of β-amino-alcohol motifs (C(OH)–C–C–N with tert-alkyl or cyclic N) is 1. The molecule has 10 heteroatoms. The molecule has 0 bridgehead atoms. The van der Waals surface area contributed by atoms with Gasteiger partial charge in [-0.2, -0.15) is 0 Å². The Morgan fingerprint density at radius 2 is 1.76 bits per heavy atom. The van der Waals surface area contributed by atoms with E-state index >= 15 is 0 Å². The number of carbonyl (C=O) groups is 2. The molecular weight excluding hydrogens is 406 g/mol. The summed E-state index contributed by atoms with van der Waals surface area (Å²) in [6.45, 7) is 4.30. The average molecular weight is 433 g/mol. The normalized spacial score (nSPS) is 20.5. The highest BCUT2D eigenvalue weighted by molar-refractivity contribution is 5.89. The second kappa shape index (κ2) is 10.8. The van der Waals surface area contributed by atoms with Crippen LogP contribution in [0.4, 0.5) is 8.78 Å². The van der Waals surface area contributed by atoms with E-state index < -0.39 is 17.7 Å². The number of halogens is 3. The summed E-state index contributed by atoms with van der Waals surface area (Å²) in [4.78, 5) is 30.7. The lowest BCUT2D eigenvalue weighted by Gasteiger charge is -2.37. The van der Waals surface area contributed by atoms with Gasteiger partial charge in [0, 0.05) is 58.4 Å². The van der Waals surface area contributed by atoms with E-state index in [2.05, 4.69) is 10.2 Å². The molecule has 0 spiro atoms. The third kappa shape index (κ3) is 6.33. The van der Waals surface area contributed by atoms with Crippen LogP contribution in [0.2, 0.25) is 0 Å². The number of nitrogens with zero attached hydrogens (tertiary/aromatic N) is 3. The summed E-state index contributed by atoms with van der Waals surface area (Å²) in [5.41, 5.74) is 0.387. The van der Waals surface area contributed by atoms with E-state index in [1.807, 2.05) is 0 Å². The standard InChI is InChI=1S/C19H26F2N4O3.ClH/c20-15-9-14(10-16(21)11-15)13-25-2-1-22-17(19(25)28)12-18(27)24-5-3-23(4-6-24)7-8-26;/h9-11,17,22,26H,1-8,12-13H2;1H. The molecule has 1 atom stereocenters. The van der Waals surface area contributed by atoms with Gasteiger partial charge in [0.05, 0.1) is 19.1 Å². The van der Waals surface area contributed by atoms with Gasteiger partial charge in [0.1, 0.15) is 11.6 Å². The number of carbonyl (C=O) groups excluding carboxylic acids is 2. The Bertz CT molecular complexity index is 696. The zero-order valence-corrected chi connectivity index (χ0v) is 17.0. The van der Waals surface area contributed by atoms with Crippen LogP contribution >= 0.6 is 12.4 Å². The molecule has 29 heavy (non-hydrogen) atoms. The van der Waals surface area contributed by atoms with Gasteiger partial charge in [-0.15, -0.1) is 12.4 Å². The number of piperazine rings is 2. The van der Waals surface area contributed by atoms with Gasteiger partial charge in [-0.1, -0.05) is 0 Å². The molecule has 1 aromatic rings. The number of nitrogens with one attached hydrogen (secondary N) is 1. The molecule has 2 amide bonds. The summed E-state index contributed by atoms with van der Waals surface area (Å²) in [7, 11) is 0. The first-order valence-electron chi connectivity index (χ1n) is 9.54. The molecular formula is C19H27ClF2N4O3. The largest absolute Gasteiger partial charge is 0.395 e. The van der Waals surface area contributed by atoms with Crippen LogP contribution in [-0.4, -0.2) is 90.1 Å². The number of rotatable bonds is 6. The van der Waals surface area contributed by atoms with Gasteiger partial charge < -0.3 is 20.2 Å². The lowest BCUT2D eigenvalue weighted by atomic mass is 10.1. The Labute approximate surface area is 175 Å². The summed E-state index contributed by atoms with van der Waals surface area (Å²) < 4.78 is 26.8. The van der Waals surface area contributed by atoms with Crippen LogP contribution in [0.15, 0.2) is 18.2 Å². The second-order valence-electron chi connectivity index (χ2n) is 7.19. The highest BCUT2D eigenvalue weighted by Gasteiger charge is 2.32. The molecule has 2 N–H and O–H groups in total. The Kier molecular flexibility index (Phi) is 8.76. The van der Waals surface area contributed by atoms with Gasteiger partial charge in [0.15, 0.2) is 0 Å². The van der Waals surface area contributed by atoms with E-state index in [4.69, 9.17) is 5.11 Å². The van der Waals surface area contributed by atoms with Crippen LogP contribution in [0.5, 0.6) is 0 Å². The summed E-state index contributed by atoms with van der Waals surface area (Å²) >= 11 is 0. The predicted octanol–water partition coefficient (Wildman–Crippen LogP) is 0.214. The minimum atomic E-state index is -0.676. The van der Waals surface area contributed by atoms with Crippen molar-refractivity contribution in [2.45, 2.75) is 19.0 Å².